The van der Waals surface area contributed by atoms with Gasteiger partial charge in [-0.25, -0.2) is 0 Å². The maximum Gasteiger partial charge on any atom is 0.119 e. The fourth-order valence-corrected chi connectivity index (χ4v) is 1.19. The van der Waals surface area contributed by atoms with E-state index in [4.69, 9.17) is 4.74 Å². The van der Waals surface area contributed by atoms with Gasteiger partial charge >= 0.3 is 0 Å². The van der Waals surface area contributed by atoms with Crippen molar-refractivity contribution in [3.63, 3.8) is 0 Å². The molecule has 0 aromatic heterocycles. The third-order valence-corrected chi connectivity index (χ3v) is 1.93. The van der Waals surface area contributed by atoms with Crippen molar-refractivity contribution in [2.24, 2.45) is 0 Å². The predicted octanol–water partition coefficient (Wildman–Crippen LogP) is 2.06. The smallest absolute Gasteiger partial charge is 0.119 e. The summed E-state index contributed by atoms with van der Waals surface area (Å²) in [6, 6.07) is 9.94. The minimum Gasteiger partial charge on any atom is -0.489 e. The first-order valence-corrected chi connectivity index (χ1v) is 4.73. The number of hydrogen-bond acceptors (Lipinski definition) is 2. The summed E-state index contributed by atoms with van der Waals surface area (Å²) < 4.78 is 5.74. The average Bonchev–Trinajstić information content (AvgIpc) is 2.19. The monoisotopic (exact) mass is 179 g/mol. The van der Waals surface area contributed by atoms with Gasteiger partial charge in [0.1, 0.15) is 11.9 Å². The van der Waals surface area contributed by atoms with Gasteiger partial charge in [-0.3, -0.25) is 0 Å². The van der Waals surface area contributed by atoms with E-state index >= 15 is 0 Å². The van der Waals surface area contributed by atoms with Crippen molar-refractivity contribution in [2.45, 2.75) is 19.4 Å². The molecule has 2 heteroatoms. The Kier molecular flexibility index (Phi) is 4.33. The lowest BCUT2D eigenvalue weighted by atomic mass is 10.2. The highest BCUT2D eigenvalue weighted by Crippen LogP contribution is 2.11. The minimum atomic E-state index is 0.271. The summed E-state index contributed by atoms with van der Waals surface area (Å²) in [5, 5.41) is 3.11. The Morgan fingerprint density at radius 2 is 2.00 bits per heavy atom. The van der Waals surface area contributed by atoms with Gasteiger partial charge in [0.2, 0.25) is 0 Å². The standard InChI is InChI=1S/C11H17NO/c1-3-10(9-12-2)13-11-7-5-4-6-8-11/h4-8,10,12H,3,9H2,1-2H3. The van der Waals surface area contributed by atoms with Crippen LogP contribution in [-0.4, -0.2) is 19.7 Å². The molecule has 1 unspecified atom stereocenters. The average molecular weight is 179 g/mol. The van der Waals surface area contributed by atoms with Crippen LogP contribution in [0.3, 0.4) is 0 Å². The summed E-state index contributed by atoms with van der Waals surface area (Å²) >= 11 is 0. The van der Waals surface area contributed by atoms with Crippen molar-refractivity contribution in [1.82, 2.24) is 5.32 Å². The van der Waals surface area contributed by atoms with E-state index in [9.17, 15) is 0 Å². The Hall–Kier alpha value is -1.02. The molecule has 0 aliphatic carbocycles. The number of benzene rings is 1. The molecule has 1 atom stereocenters. The number of hydrogen-bond donors (Lipinski definition) is 1. The van der Waals surface area contributed by atoms with Crippen LogP contribution in [0.1, 0.15) is 13.3 Å². The summed E-state index contributed by atoms with van der Waals surface area (Å²) in [4.78, 5) is 0. The van der Waals surface area contributed by atoms with E-state index in [1.54, 1.807) is 0 Å². The second-order valence-corrected chi connectivity index (χ2v) is 3.02. The lowest BCUT2D eigenvalue weighted by molar-refractivity contribution is 0.196. The van der Waals surface area contributed by atoms with Crippen LogP contribution in [0.25, 0.3) is 0 Å². The van der Waals surface area contributed by atoms with Crippen molar-refractivity contribution in [3.8, 4) is 5.75 Å². The fraction of sp³-hybridized carbons (Fsp3) is 0.455. The topological polar surface area (TPSA) is 21.3 Å². The molecular weight excluding hydrogens is 162 g/mol. The molecule has 0 saturated carbocycles. The van der Waals surface area contributed by atoms with Crippen LogP contribution in [0.5, 0.6) is 5.75 Å². The molecule has 0 heterocycles. The molecule has 0 radical (unpaired) electrons. The molecule has 0 spiro atoms. The van der Waals surface area contributed by atoms with E-state index in [0.29, 0.717) is 0 Å². The molecule has 1 N–H and O–H groups in total. The quantitative estimate of drug-likeness (QED) is 0.747. The second-order valence-electron chi connectivity index (χ2n) is 3.02. The van der Waals surface area contributed by atoms with Crippen LogP contribution in [0.15, 0.2) is 30.3 Å². The van der Waals surface area contributed by atoms with Crippen LogP contribution in [-0.2, 0) is 0 Å². The molecule has 1 aromatic rings. The number of rotatable bonds is 5. The Labute approximate surface area is 79.9 Å². The minimum absolute atomic E-state index is 0.271. The lowest BCUT2D eigenvalue weighted by Crippen LogP contribution is -2.28. The summed E-state index contributed by atoms with van der Waals surface area (Å²) in [7, 11) is 1.94. The van der Waals surface area contributed by atoms with E-state index in [0.717, 1.165) is 18.7 Å². The van der Waals surface area contributed by atoms with Crippen LogP contribution in [0.4, 0.5) is 0 Å². The van der Waals surface area contributed by atoms with Gasteiger partial charge in [-0.15, -0.1) is 0 Å². The molecule has 0 fully saturated rings. The van der Waals surface area contributed by atoms with Crippen molar-refractivity contribution < 1.29 is 4.74 Å². The number of para-hydroxylation sites is 1. The maximum atomic E-state index is 5.74. The van der Waals surface area contributed by atoms with Gasteiger partial charge in [-0.1, -0.05) is 25.1 Å². The number of ether oxygens (including phenoxy) is 1. The van der Waals surface area contributed by atoms with Crippen LogP contribution in [0.2, 0.25) is 0 Å². The Balaban J connectivity index is 2.46. The van der Waals surface area contributed by atoms with E-state index in [2.05, 4.69) is 12.2 Å². The Bertz CT molecular complexity index is 223. The van der Waals surface area contributed by atoms with Crippen LogP contribution < -0.4 is 10.1 Å². The van der Waals surface area contributed by atoms with Crippen molar-refractivity contribution >= 4 is 0 Å². The summed E-state index contributed by atoms with van der Waals surface area (Å²) in [6.45, 7) is 3.02. The molecular formula is C11H17NO. The van der Waals surface area contributed by atoms with Crippen molar-refractivity contribution in [3.05, 3.63) is 30.3 Å². The summed E-state index contributed by atoms with van der Waals surface area (Å²) in [5.74, 6) is 0.949. The number of nitrogens with one attached hydrogen (secondary N) is 1. The van der Waals surface area contributed by atoms with Gasteiger partial charge in [-0.2, -0.15) is 0 Å². The van der Waals surface area contributed by atoms with Gasteiger partial charge in [0, 0.05) is 6.54 Å². The molecule has 0 aliphatic rings. The SMILES string of the molecule is CCC(CNC)Oc1ccccc1. The molecule has 0 amide bonds. The largest absolute Gasteiger partial charge is 0.489 e. The summed E-state index contributed by atoms with van der Waals surface area (Å²) in [6.07, 6.45) is 1.29. The predicted molar refractivity (Wildman–Crippen MR) is 55.1 cm³/mol. The molecule has 0 saturated heterocycles. The van der Waals surface area contributed by atoms with Crippen LogP contribution in [0, 0.1) is 0 Å². The molecule has 72 valence electrons. The molecule has 13 heavy (non-hydrogen) atoms. The van der Waals surface area contributed by atoms with Gasteiger partial charge in [0.05, 0.1) is 0 Å². The third-order valence-electron chi connectivity index (χ3n) is 1.93. The molecule has 1 aromatic carbocycles. The van der Waals surface area contributed by atoms with E-state index in [-0.39, 0.29) is 6.10 Å². The highest BCUT2D eigenvalue weighted by Gasteiger charge is 2.05. The van der Waals surface area contributed by atoms with E-state index in [1.807, 2.05) is 37.4 Å². The van der Waals surface area contributed by atoms with Crippen molar-refractivity contribution in [1.29, 1.82) is 0 Å². The second kappa shape index (κ2) is 5.60. The normalized spacial score (nSPS) is 12.5. The van der Waals surface area contributed by atoms with Crippen LogP contribution >= 0.6 is 0 Å². The Morgan fingerprint density at radius 3 is 2.54 bits per heavy atom. The summed E-state index contributed by atoms with van der Waals surface area (Å²) in [5.41, 5.74) is 0. The highest BCUT2D eigenvalue weighted by molar-refractivity contribution is 5.21. The van der Waals surface area contributed by atoms with Gasteiger partial charge < -0.3 is 10.1 Å². The molecule has 0 bridgehead atoms. The first-order valence-electron chi connectivity index (χ1n) is 4.73. The van der Waals surface area contributed by atoms with Crippen molar-refractivity contribution in [2.75, 3.05) is 13.6 Å². The van der Waals surface area contributed by atoms with E-state index < -0.39 is 0 Å². The first-order chi connectivity index (χ1) is 6.36. The Morgan fingerprint density at radius 1 is 1.31 bits per heavy atom. The molecule has 1 rings (SSSR count). The van der Waals surface area contributed by atoms with E-state index in [1.165, 1.54) is 0 Å². The van der Waals surface area contributed by atoms with Gasteiger partial charge in [0.25, 0.3) is 0 Å². The molecule has 2 nitrogen and oxygen atoms in total. The zero-order valence-corrected chi connectivity index (χ0v) is 8.29. The molecule has 0 aliphatic heterocycles. The number of likely N-dealkylation sites (N-methyl/N-ethyl adjacent to an activating group) is 1. The first kappa shape index (κ1) is 10.1. The van der Waals surface area contributed by atoms with Gasteiger partial charge in [0.15, 0.2) is 0 Å². The third kappa shape index (κ3) is 3.47. The van der Waals surface area contributed by atoms with Gasteiger partial charge in [-0.05, 0) is 25.6 Å². The highest BCUT2D eigenvalue weighted by atomic mass is 16.5. The maximum absolute atomic E-state index is 5.74. The zero-order chi connectivity index (χ0) is 9.52. The lowest BCUT2D eigenvalue weighted by Gasteiger charge is -2.16. The zero-order valence-electron chi connectivity index (χ0n) is 8.29. The fourth-order valence-electron chi connectivity index (χ4n) is 1.19.